The lowest BCUT2D eigenvalue weighted by molar-refractivity contribution is -0.142. The van der Waals surface area contributed by atoms with E-state index in [1.165, 1.54) is 23.8 Å². The van der Waals surface area contributed by atoms with E-state index in [1.54, 1.807) is 11.8 Å². The first-order valence-electron chi connectivity index (χ1n) is 14.0. The summed E-state index contributed by atoms with van der Waals surface area (Å²) in [5.74, 6) is 0.696. The molecule has 2 heterocycles. The summed E-state index contributed by atoms with van der Waals surface area (Å²) >= 11 is 1.74. The highest BCUT2D eigenvalue weighted by Gasteiger charge is 2.32. The number of hydrogen-bond acceptors (Lipinski definition) is 7. The van der Waals surface area contributed by atoms with Gasteiger partial charge in [-0.15, -0.1) is 0 Å². The molecule has 9 heteroatoms. The number of piperidine rings is 1. The number of methoxy groups -OCH3 is 1. The van der Waals surface area contributed by atoms with E-state index in [0.717, 1.165) is 36.3 Å². The second kappa shape index (κ2) is 12.3. The lowest BCUT2D eigenvalue weighted by Gasteiger charge is -2.32. The highest BCUT2D eigenvalue weighted by atomic mass is 32.2. The van der Waals surface area contributed by atoms with E-state index in [1.807, 2.05) is 36.9 Å². The predicted octanol–water partition coefficient (Wildman–Crippen LogP) is 5.55. The Morgan fingerprint density at radius 2 is 1.95 bits per heavy atom. The molecule has 0 saturated carbocycles. The van der Waals surface area contributed by atoms with E-state index in [0.29, 0.717) is 37.4 Å². The van der Waals surface area contributed by atoms with Crippen molar-refractivity contribution >= 4 is 28.8 Å². The molecule has 1 fully saturated rings. The Kier molecular flexibility index (Phi) is 8.65. The monoisotopic (exact) mass is 560 g/mol. The summed E-state index contributed by atoms with van der Waals surface area (Å²) in [4.78, 5) is 31.4. The molecule has 0 aromatic heterocycles. The van der Waals surface area contributed by atoms with Gasteiger partial charge in [-0.05, 0) is 80.3 Å². The first kappa shape index (κ1) is 28.0. The van der Waals surface area contributed by atoms with Gasteiger partial charge in [0.05, 0.1) is 41.7 Å². The van der Waals surface area contributed by atoms with Gasteiger partial charge in [-0.2, -0.15) is 5.26 Å². The van der Waals surface area contributed by atoms with Gasteiger partial charge in [-0.3, -0.25) is 9.79 Å². The Bertz CT molecular complexity index is 1340. The van der Waals surface area contributed by atoms with E-state index in [-0.39, 0.29) is 35.3 Å². The number of likely N-dealkylation sites (tertiary alicyclic amines) is 1. The number of nitrogens with zero attached hydrogens (tertiary/aromatic N) is 3. The van der Waals surface area contributed by atoms with Crippen molar-refractivity contribution in [1.29, 1.82) is 5.26 Å². The molecule has 2 aliphatic heterocycles. The zero-order valence-corrected chi connectivity index (χ0v) is 24.1. The highest BCUT2D eigenvalue weighted by molar-refractivity contribution is 8.14. The van der Waals surface area contributed by atoms with E-state index >= 15 is 0 Å². The van der Waals surface area contributed by atoms with Crippen molar-refractivity contribution in [3.8, 4) is 11.8 Å². The molecule has 2 aromatic rings. The summed E-state index contributed by atoms with van der Waals surface area (Å²) < 4.78 is 10.6. The number of hydrogen-bond donors (Lipinski definition) is 1. The Balaban J connectivity index is 1.21. The van der Waals surface area contributed by atoms with E-state index in [4.69, 9.17) is 14.5 Å². The normalized spacial score (nSPS) is 20.6. The zero-order valence-electron chi connectivity index (χ0n) is 23.3. The number of amides is 2. The minimum absolute atomic E-state index is 0.000411. The van der Waals surface area contributed by atoms with Crippen LogP contribution >= 0.6 is 11.8 Å². The number of esters is 1. The van der Waals surface area contributed by atoms with E-state index < -0.39 is 0 Å². The molecule has 2 aromatic carbocycles. The van der Waals surface area contributed by atoms with Gasteiger partial charge in [0, 0.05) is 25.1 Å². The number of urea groups is 1. The number of nitrogens with one attached hydrogen (secondary N) is 1. The third kappa shape index (κ3) is 6.12. The molecular weight excluding hydrogens is 524 g/mol. The number of thioether (sulfide) groups is 1. The van der Waals surface area contributed by atoms with Crippen LogP contribution in [0.15, 0.2) is 41.4 Å². The third-order valence-corrected chi connectivity index (χ3v) is 9.18. The predicted molar refractivity (Wildman–Crippen MR) is 156 cm³/mol. The summed E-state index contributed by atoms with van der Waals surface area (Å²) in [6.45, 7) is 5.89. The van der Waals surface area contributed by atoms with Crippen molar-refractivity contribution in [3.63, 3.8) is 0 Å². The molecule has 3 aliphatic rings. The number of carbonyl (C=O) groups is 2. The van der Waals surface area contributed by atoms with Crippen LogP contribution in [0.4, 0.5) is 4.79 Å². The largest absolute Gasteiger partial charge is 0.490 e. The molecule has 5 rings (SSSR count). The second-order valence-corrected chi connectivity index (χ2v) is 12.1. The molecule has 2 unspecified atom stereocenters. The Morgan fingerprint density at radius 1 is 1.18 bits per heavy atom. The Morgan fingerprint density at radius 3 is 2.67 bits per heavy atom. The molecule has 2 atom stereocenters. The number of rotatable bonds is 7. The minimum Gasteiger partial charge on any atom is -0.490 e. The molecule has 8 nitrogen and oxygen atoms in total. The molecule has 1 N–H and O–H groups in total. The van der Waals surface area contributed by atoms with Crippen molar-refractivity contribution in [2.45, 2.75) is 63.3 Å². The molecule has 0 radical (unpaired) electrons. The minimum atomic E-state index is -0.180. The van der Waals surface area contributed by atoms with Crippen molar-refractivity contribution in [2.24, 2.45) is 10.9 Å². The van der Waals surface area contributed by atoms with Crippen LogP contribution in [0.3, 0.4) is 0 Å². The van der Waals surface area contributed by atoms with Crippen LogP contribution in [-0.2, 0) is 16.0 Å². The summed E-state index contributed by atoms with van der Waals surface area (Å²) in [6, 6.07) is 14.3. The summed E-state index contributed by atoms with van der Waals surface area (Å²) in [6.07, 6.45) is 3.86. The number of nitriles is 1. The molecule has 1 saturated heterocycles. The summed E-state index contributed by atoms with van der Waals surface area (Å²) in [5.41, 5.74) is 5.25. The number of benzene rings is 2. The fourth-order valence-electron chi connectivity index (χ4n) is 5.84. The number of ether oxygens (including phenoxy) is 2. The number of fused-ring (bicyclic) bond motifs is 1. The van der Waals surface area contributed by atoms with Crippen LogP contribution in [0.25, 0.3) is 0 Å². The van der Waals surface area contributed by atoms with Crippen molar-refractivity contribution in [3.05, 3.63) is 64.2 Å². The van der Waals surface area contributed by atoms with Crippen LogP contribution in [0.5, 0.6) is 5.75 Å². The fraction of sp³-hybridized carbons (Fsp3) is 0.484. The average Bonchev–Trinajstić information content (AvgIpc) is 3.61. The third-order valence-electron chi connectivity index (χ3n) is 7.90. The topological polar surface area (TPSA) is 104 Å². The maximum absolute atomic E-state index is 13.1. The van der Waals surface area contributed by atoms with Gasteiger partial charge in [0.15, 0.2) is 0 Å². The van der Waals surface area contributed by atoms with Gasteiger partial charge in [0.1, 0.15) is 11.8 Å². The second-order valence-electron chi connectivity index (χ2n) is 10.9. The van der Waals surface area contributed by atoms with Crippen LogP contribution in [0.1, 0.15) is 78.6 Å². The fourth-order valence-corrected chi connectivity index (χ4v) is 7.02. The first-order valence-corrected chi connectivity index (χ1v) is 14.9. The zero-order chi connectivity index (χ0) is 28.2. The summed E-state index contributed by atoms with van der Waals surface area (Å²) in [5, 5.41) is 14.0. The van der Waals surface area contributed by atoms with Crippen LogP contribution in [0, 0.1) is 17.2 Å². The SMILES string of the molecule is COC(=O)CC1CCN(C(=O)NC2CCc3c2cccc3C2CN=C(c3ccc(OC(C)C)c(C#N)c3)S2)CC1. The maximum atomic E-state index is 13.1. The molecule has 40 heavy (non-hydrogen) atoms. The quantitative estimate of drug-likeness (QED) is 0.445. The van der Waals surface area contributed by atoms with Crippen molar-refractivity contribution in [2.75, 3.05) is 26.7 Å². The van der Waals surface area contributed by atoms with E-state index in [2.05, 4.69) is 29.6 Å². The Hall–Kier alpha value is -3.51. The lowest BCUT2D eigenvalue weighted by atomic mass is 9.94. The van der Waals surface area contributed by atoms with Gasteiger partial charge in [0.25, 0.3) is 0 Å². The standard InChI is InChI=1S/C31H36N4O4S/c1-19(2)39-27-10-7-21(16-22(27)17-32)30-33-18-28(40-30)25-6-4-5-24-23(25)8-9-26(24)34-31(37)35-13-11-20(12-14-35)15-29(36)38-3/h4-7,10,16,19-20,26,28H,8-9,11-15,18H2,1-3H3,(H,34,37). The molecule has 2 amide bonds. The molecule has 0 spiro atoms. The Labute approximate surface area is 240 Å². The van der Waals surface area contributed by atoms with E-state index in [9.17, 15) is 14.9 Å². The van der Waals surface area contributed by atoms with Gasteiger partial charge in [-0.25, -0.2) is 4.79 Å². The van der Waals surface area contributed by atoms with Crippen molar-refractivity contribution < 1.29 is 19.1 Å². The van der Waals surface area contributed by atoms with Gasteiger partial charge >= 0.3 is 12.0 Å². The van der Waals surface area contributed by atoms with Crippen molar-refractivity contribution in [1.82, 2.24) is 10.2 Å². The molecule has 210 valence electrons. The highest BCUT2D eigenvalue weighted by Crippen LogP contribution is 2.44. The van der Waals surface area contributed by atoms with Gasteiger partial charge in [-0.1, -0.05) is 30.0 Å². The average molecular weight is 561 g/mol. The molecular formula is C31H36N4O4S. The van der Waals surface area contributed by atoms with Gasteiger partial charge in [0.2, 0.25) is 0 Å². The lowest BCUT2D eigenvalue weighted by Crippen LogP contribution is -2.45. The maximum Gasteiger partial charge on any atom is 0.317 e. The smallest absolute Gasteiger partial charge is 0.317 e. The molecule has 1 aliphatic carbocycles. The van der Waals surface area contributed by atoms with Crippen LogP contribution in [-0.4, -0.2) is 54.8 Å². The number of aliphatic imine (C=N–C) groups is 1. The van der Waals surface area contributed by atoms with Gasteiger partial charge < -0.3 is 19.7 Å². The molecule has 0 bridgehead atoms. The van der Waals surface area contributed by atoms with Crippen LogP contribution in [0.2, 0.25) is 0 Å². The summed E-state index contributed by atoms with van der Waals surface area (Å²) in [7, 11) is 1.42. The number of carbonyl (C=O) groups excluding carboxylic acids is 2. The van der Waals surface area contributed by atoms with Crippen LogP contribution < -0.4 is 10.1 Å². The first-order chi connectivity index (χ1) is 19.4.